The molecule has 0 aliphatic heterocycles. The molecule has 90 valence electrons. The molecule has 0 aliphatic carbocycles. The van der Waals surface area contributed by atoms with Gasteiger partial charge in [0.2, 0.25) is 0 Å². The van der Waals surface area contributed by atoms with Crippen LogP contribution in [-0.4, -0.2) is 14.2 Å². The molecular formula is C14H22O2. The highest BCUT2D eigenvalue weighted by Crippen LogP contribution is 2.31. The van der Waals surface area contributed by atoms with Crippen LogP contribution < -0.4 is 9.47 Å². The number of methoxy groups -OCH3 is 2. The molecule has 16 heavy (non-hydrogen) atoms. The first kappa shape index (κ1) is 12.9. The number of hydrogen-bond donors (Lipinski definition) is 0. The maximum absolute atomic E-state index is 5.39. The van der Waals surface area contributed by atoms with E-state index in [4.69, 9.17) is 9.47 Å². The molecule has 2 nitrogen and oxygen atoms in total. The standard InChI is InChI=1S/C14H22O2/c1-5-7-11(2)10-12-13(15-3)8-6-9-14(12)16-4/h6,8-9,11H,5,7,10H2,1-4H3. The quantitative estimate of drug-likeness (QED) is 0.731. The summed E-state index contributed by atoms with van der Waals surface area (Å²) in [5, 5.41) is 0. The van der Waals surface area contributed by atoms with Crippen LogP contribution in [0.4, 0.5) is 0 Å². The van der Waals surface area contributed by atoms with E-state index < -0.39 is 0 Å². The molecule has 0 aliphatic rings. The van der Waals surface area contributed by atoms with Crippen molar-refractivity contribution in [1.29, 1.82) is 0 Å². The molecule has 2 heteroatoms. The lowest BCUT2D eigenvalue weighted by Crippen LogP contribution is -2.03. The molecular weight excluding hydrogens is 200 g/mol. The number of hydrogen-bond acceptors (Lipinski definition) is 2. The normalized spacial score (nSPS) is 12.2. The summed E-state index contributed by atoms with van der Waals surface area (Å²) in [5.41, 5.74) is 1.19. The average molecular weight is 222 g/mol. The van der Waals surface area contributed by atoms with E-state index in [1.54, 1.807) is 14.2 Å². The monoisotopic (exact) mass is 222 g/mol. The smallest absolute Gasteiger partial charge is 0.125 e. The Labute approximate surface area is 98.6 Å². The fourth-order valence-electron chi connectivity index (χ4n) is 2.07. The predicted octanol–water partition coefficient (Wildman–Crippen LogP) is 3.68. The minimum absolute atomic E-state index is 0.662. The van der Waals surface area contributed by atoms with Crippen LogP contribution in [0.1, 0.15) is 32.3 Å². The van der Waals surface area contributed by atoms with Gasteiger partial charge in [-0.25, -0.2) is 0 Å². The minimum atomic E-state index is 0.662. The van der Waals surface area contributed by atoms with Gasteiger partial charge in [0.1, 0.15) is 11.5 Å². The highest BCUT2D eigenvalue weighted by atomic mass is 16.5. The van der Waals surface area contributed by atoms with Gasteiger partial charge in [0, 0.05) is 5.56 Å². The van der Waals surface area contributed by atoms with Crippen LogP contribution in [-0.2, 0) is 6.42 Å². The van der Waals surface area contributed by atoms with Crippen molar-refractivity contribution in [3.05, 3.63) is 23.8 Å². The zero-order valence-corrected chi connectivity index (χ0v) is 10.7. The van der Waals surface area contributed by atoms with Crippen molar-refractivity contribution in [2.45, 2.75) is 33.1 Å². The molecule has 0 bridgehead atoms. The third-order valence-electron chi connectivity index (χ3n) is 2.86. The van der Waals surface area contributed by atoms with Gasteiger partial charge in [-0.2, -0.15) is 0 Å². The third kappa shape index (κ3) is 3.16. The van der Waals surface area contributed by atoms with Gasteiger partial charge in [-0.3, -0.25) is 0 Å². The van der Waals surface area contributed by atoms with Crippen molar-refractivity contribution in [1.82, 2.24) is 0 Å². The molecule has 0 N–H and O–H groups in total. The van der Waals surface area contributed by atoms with Crippen LogP contribution in [0, 0.1) is 5.92 Å². The summed E-state index contributed by atoms with van der Waals surface area (Å²) in [5.74, 6) is 2.53. The zero-order valence-electron chi connectivity index (χ0n) is 10.7. The lowest BCUT2D eigenvalue weighted by molar-refractivity contribution is 0.377. The van der Waals surface area contributed by atoms with Crippen molar-refractivity contribution >= 4 is 0 Å². The van der Waals surface area contributed by atoms with Crippen LogP contribution >= 0.6 is 0 Å². The van der Waals surface area contributed by atoms with Crippen LogP contribution in [0.3, 0.4) is 0 Å². The topological polar surface area (TPSA) is 18.5 Å². The van der Waals surface area contributed by atoms with E-state index in [2.05, 4.69) is 13.8 Å². The molecule has 0 amide bonds. The van der Waals surface area contributed by atoms with Gasteiger partial charge in [-0.1, -0.05) is 32.8 Å². The molecule has 1 unspecified atom stereocenters. The van der Waals surface area contributed by atoms with Gasteiger partial charge in [0.25, 0.3) is 0 Å². The molecule has 1 rings (SSSR count). The Balaban J connectivity index is 2.90. The van der Waals surface area contributed by atoms with Gasteiger partial charge in [-0.05, 0) is 24.5 Å². The molecule has 1 aromatic carbocycles. The maximum Gasteiger partial charge on any atom is 0.125 e. The summed E-state index contributed by atoms with van der Waals surface area (Å²) in [7, 11) is 3.42. The van der Waals surface area contributed by atoms with Gasteiger partial charge >= 0.3 is 0 Å². The first-order valence-corrected chi connectivity index (χ1v) is 5.92. The summed E-state index contributed by atoms with van der Waals surface area (Å²) in [6.45, 7) is 4.49. The van der Waals surface area contributed by atoms with Crippen molar-refractivity contribution in [3.63, 3.8) is 0 Å². The van der Waals surface area contributed by atoms with E-state index in [9.17, 15) is 0 Å². The minimum Gasteiger partial charge on any atom is -0.496 e. The molecule has 0 saturated heterocycles. The lowest BCUT2D eigenvalue weighted by Gasteiger charge is -2.16. The van der Waals surface area contributed by atoms with Crippen LogP contribution in [0.5, 0.6) is 11.5 Å². The second-order valence-corrected chi connectivity index (χ2v) is 4.24. The first-order chi connectivity index (χ1) is 7.72. The number of benzene rings is 1. The first-order valence-electron chi connectivity index (χ1n) is 5.92. The average Bonchev–Trinajstić information content (AvgIpc) is 2.29. The van der Waals surface area contributed by atoms with Crippen molar-refractivity contribution in [2.75, 3.05) is 14.2 Å². The summed E-state index contributed by atoms with van der Waals surface area (Å²) in [6, 6.07) is 5.96. The summed E-state index contributed by atoms with van der Waals surface area (Å²) in [4.78, 5) is 0. The van der Waals surface area contributed by atoms with E-state index in [0.29, 0.717) is 5.92 Å². The summed E-state index contributed by atoms with van der Waals surface area (Å²) in [6.07, 6.45) is 3.47. The number of ether oxygens (including phenoxy) is 2. The van der Waals surface area contributed by atoms with Crippen LogP contribution in [0.15, 0.2) is 18.2 Å². The van der Waals surface area contributed by atoms with E-state index in [1.807, 2.05) is 18.2 Å². The highest BCUT2D eigenvalue weighted by Gasteiger charge is 2.12. The molecule has 1 aromatic rings. The predicted molar refractivity (Wildman–Crippen MR) is 67.3 cm³/mol. The summed E-state index contributed by atoms with van der Waals surface area (Å²) < 4.78 is 10.8. The van der Waals surface area contributed by atoms with Gasteiger partial charge < -0.3 is 9.47 Å². The Hall–Kier alpha value is -1.18. The van der Waals surface area contributed by atoms with E-state index in [1.165, 1.54) is 18.4 Å². The molecule has 0 heterocycles. The summed E-state index contributed by atoms with van der Waals surface area (Å²) >= 11 is 0. The van der Waals surface area contributed by atoms with Crippen LogP contribution in [0.25, 0.3) is 0 Å². The molecule has 0 spiro atoms. The van der Waals surface area contributed by atoms with E-state index in [-0.39, 0.29) is 0 Å². The van der Waals surface area contributed by atoms with Gasteiger partial charge in [0.05, 0.1) is 14.2 Å². The molecule has 0 fully saturated rings. The van der Waals surface area contributed by atoms with Crippen molar-refractivity contribution < 1.29 is 9.47 Å². The van der Waals surface area contributed by atoms with Crippen molar-refractivity contribution in [2.24, 2.45) is 5.92 Å². The zero-order chi connectivity index (χ0) is 12.0. The Morgan fingerprint density at radius 3 is 2.12 bits per heavy atom. The highest BCUT2D eigenvalue weighted by molar-refractivity contribution is 5.45. The fraction of sp³-hybridized carbons (Fsp3) is 0.571. The van der Waals surface area contributed by atoms with E-state index in [0.717, 1.165) is 17.9 Å². The third-order valence-corrected chi connectivity index (χ3v) is 2.86. The molecule has 0 aromatic heterocycles. The second-order valence-electron chi connectivity index (χ2n) is 4.24. The Morgan fingerprint density at radius 1 is 1.12 bits per heavy atom. The maximum atomic E-state index is 5.39. The van der Waals surface area contributed by atoms with Crippen molar-refractivity contribution in [3.8, 4) is 11.5 Å². The Morgan fingerprint density at radius 2 is 1.69 bits per heavy atom. The van der Waals surface area contributed by atoms with Gasteiger partial charge in [-0.15, -0.1) is 0 Å². The number of rotatable bonds is 6. The van der Waals surface area contributed by atoms with Crippen LogP contribution in [0.2, 0.25) is 0 Å². The van der Waals surface area contributed by atoms with Gasteiger partial charge in [0.15, 0.2) is 0 Å². The largest absolute Gasteiger partial charge is 0.496 e. The SMILES string of the molecule is CCCC(C)Cc1c(OC)cccc1OC. The fourth-order valence-corrected chi connectivity index (χ4v) is 2.07. The Bertz CT molecular complexity index is 298. The molecule has 1 atom stereocenters. The Kier molecular flexibility index (Phi) is 5.17. The molecule has 0 saturated carbocycles. The molecule has 0 radical (unpaired) electrons. The van der Waals surface area contributed by atoms with E-state index >= 15 is 0 Å². The lowest BCUT2D eigenvalue weighted by atomic mass is 9.96. The second kappa shape index (κ2) is 6.41.